The second kappa shape index (κ2) is 5.72. The van der Waals surface area contributed by atoms with Gasteiger partial charge in [-0.1, -0.05) is 18.9 Å². The second-order valence-electron chi connectivity index (χ2n) is 5.70. The molecule has 110 valence electrons. The van der Waals surface area contributed by atoms with Crippen molar-refractivity contribution in [3.05, 3.63) is 45.9 Å². The smallest absolute Gasteiger partial charge is 0.251 e. The summed E-state index contributed by atoms with van der Waals surface area (Å²) in [5.74, 6) is 1.76. The summed E-state index contributed by atoms with van der Waals surface area (Å²) in [7, 11) is 1.64. The molecule has 0 radical (unpaired) electrons. The molecule has 0 spiro atoms. The Morgan fingerprint density at radius 1 is 1.24 bits per heavy atom. The van der Waals surface area contributed by atoms with Gasteiger partial charge in [0.2, 0.25) is 0 Å². The summed E-state index contributed by atoms with van der Waals surface area (Å²) in [5.41, 5.74) is 2.77. The van der Waals surface area contributed by atoms with E-state index in [0.29, 0.717) is 11.7 Å². The van der Waals surface area contributed by atoms with Crippen molar-refractivity contribution in [1.82, 2.24) is 9.97 Å². The molecule has 1 aromatic carbocycles. The maximum absolute atomic E-state index is 12.0. The number of hydrogen-bond donors (Lipinski definition) is 1. The van der Waals surface area contributed by atoms with Crippen molar-refractivity contribution in [2.75, 3.05) is 7.11 Å². The maximum Gasteiger partial charge on any atom is 0.251 e. The number of aromatic amines is 1. The van der Waals surface area contributed by atoms with Crippen molar-refractivity contribution in [3.63, 3.8) is 0 Å². The molecule has 0 atom stereocenters. The highest BCUT2D eigenvalue weighted by Gasteiger charge is 2.20. The van der Waals surface area contributed by atoms with Crippen LogP contribution < -0.4 is 10.3 Å². The molecule has 4 heteroatoms. The normalized spacial score (nSPS) is 15.3. The van der Waals surface area contributed by atoms with Gasteiger partial charge in [0.25, 0.3) is 5.56 Å². The van der Waals surface area contributed by atoms with Gasteiger partial charge in [-0.15, -0.1) is 0 Å². The summed E-state index contributed by atoms with van der Waals surface area (Å²) in [5, 5.41) is 0. The van der Waals surface area contributed by atoms with Gasteiger partial charge >= 0.3 is 0 Å². The number of H-pyrrole nitrogens is 1. The minimum Gasteiger partial charge on any atom is -0.496 e. The lowest BCUT2D eigenvalue weighted by Gasteiger charge is -2.12. The van der Waals surface area contributed by atoms with E-state index in [9.17, 15) is 4.79 Å². The van der Waals surface area contributed by atoms with Gasteiger partial charge in [0, 0.05) is 12.0 Å². The molecule has 2 aromatic rings. The predicted octanol–water partition coefficient (Wildman–Crippen LogP) is 3.41. The van der Waals surface area contributed by atoms with Crippen molar-refractivity contribution < 1.29 is 4.74 Å². The van der Waals surface area contributed by atoms with Crippen LogP contribution in [0.4, 0.5) is 0 Å². The van der Waals surface area contributed by atoms with Gasteiger partial charge in [-0.2, -0.15) is 0 Å². The summed E-state index contributed by atoms with van der Waals surface area (Å²) in [6, 6.07) is 7.54. The fourth-order valence-corrected chi connectivity index (χ4v) is 3.03. The van der Waals surface area contributed by atoms with E-state index in [1.54, 1.807) is 13.2 Å². The zero-order chi connectivity index (χ0) is 14.8. The van der Waals surface area contributed by atoms with Crippen LogP contribution in [0.2, 0.25) is 0 Å². The van der Waals surface area contributed by atoms with Crippen LogP contribution >= 0.6 is 0 Å². The van der Waals surface area contributed by atoms with Gasteiger partial charge in [-0.05, 0) is 37.5 Å². The quantitative estimate of drug-likeness (QED) is 0.939. The van der Waals surface area contributed by atoms with Crippen LogP contribution in [0.15, 0.2) is 29.1 Å². The zero-order valence-electron chi connectivity index (χ0n) is 12.5. The molecule has 1 aliphatic carbocycles. The number of aryl methyl sites for hydroxylation is 1. The lowest BCUT2D eigenvalue weighted by atomic mass is 10.0. The molecule has 1 aromatic heterocycles. The number of hydrogen-bond acceptors (Lipinski definition) is 3. The van der Waals surface area contributed by atoms with Gasteiger partial charge < -0.3 is 9.72 Å². The number of benzene rings is 1. The third-order valence-corrected chi connectivity index (χ3v) is 4.15. The van der Waals surface area contributed by atoms with E-state index in [1.807, 2.05) is 25.1 Å². The van der Waals surface area contributed by atoms with Crippen LogP contribution in [-0.4, -0.2) is 17.1 Å². The van der Waals surface area contributed by atoms with Crippen molar-refractivity contribution in [2.45, 2.75) is 38.5 Å². The number of nitrogens with zero attached hydrogens (tertiary/aromatic N) is 1. The minimum absolute atomic E-state index is 0.0930. The average molecular weight is 284 g/mol. The fourth-order valence-electron chi connectivity index (χ4n) is 3.03. The lowest BCUT2D eigenvalue weighted by molar-refractivity contribution is 0.416. The van der Waals surface area contributed by atoms with E-state index in [1.165, 1.54) is 12.8 Å². The first-order valence-corrected chi connectivity index (χ1v) is 7.43. The molecular formula is C17H20N2O2. The van der Waals surface area contributed by atoms with E-state index in [-0.39, 0.29) is 5.56 Å². The first-order chi connectivity index (χ1) is 10.2. The highest BCUT2D eigenvalue weighted by atomic mass is 16.5. The molecule has 1 heterocycles. The van der Waals surface area contributed by atoms with Crippen LogP contribution in [0.25, 0.3) is 11.4 Å². The molecular weight excluding hydrogens is 264 g/mol. The number of nitrogens with one attached hydrogen (secondary N) is 1. The Balaban J connectivity index is 2.08. The van der Waals surface area contributed by atoms with E-state index in [4.69, 9.17) is 4.74 Å². The monoisotopic (exact) mass is 284 g/mol. The first-order valence-electron chi connectivity index (χ1n) is 7.43. The Morgan fingerprint density at radius 3 is 2.71 bits per heavy atom. The van der Waals surface area contributed by atoms with E-state index in [2.05, 4.69) is 9.97 Å². The standard InChI is InChI=1S/C17H20N2O2/c1-11-7-8-13(15(9-11)21-2)17-18-14(10-16(20)19-17)12-5-3-4-6-12/h7-10,12H,3-6H2,1-2H3,(H,18,19,20). The zero-order valence-corrected chi connectivity index (χ0v) is 12.5. The average Bonchev–Trinajstić information content (AvgIpc) is 3.00. The molecule has 0 saturated heterocycles. The number of ether oxygens (including phenoxy) is 1. The molecule has 0 bridgehead atoms. The van der Waals surface area contributed by atoms with E-state index in [0.717, 1.165) is 35.4 Å². The highest BCUT2D eigenvalue weighted by molar-refractivity contribution is 5.64. The Hall–Kier alpha value is -2.10. The number of methoxy groups -OCH3 is 1. The topological polar surface area (TPSA) is 55.0 Å². The number of aromatic nitrogens is 2. The van der Waals surface area contributed by atoms with E-state index >= 15 is 0 Å². The molecule has 0 amide bonds. The summed E-state index contributed by atoms with van der Waals surface area (Å²) in [6.45, 7) is 2.01. The molecule has 21 heavy (non-hydrogen) atoms. The van der Waals surface area contributed by atoms with Crippen molar-refractivity contribution in [1.29, 1.82) is 0 Å². The predicted molar refractivity (Wildman–Crippen MR) is 82.8 cm³/mol. The third-order valence-electron chi connectivity index (χ3n) is 4.15. The molecule has 1 aliphatic rings. The maximum atomic E-state index is 12.0. The number of rotatable bonds is 3. The highest BCUT2D eigenvalue weighted by Crippen LogP contribution is 2.34. The first kappa shape index (κ1) is 13.9. The summed E-state index contributed by atoms with van der Waals surface area (Å²) < 4.78 is 5.42. The largest absolute Gasteiger partial charge is 0.496 e. The molecule has 1 N–H and O–H groups in total. The second-order valence-corrected chi connectivity index (χ2v) is 5.70. The van der Waals surface area contributed by atoms with Crippen LogP contribution in [0.1, 0.15) is 42.9 Å². The Labute approximate surface area is 124 Å². The molecule has 3 rings (SSSR count). The van der Waals surface area contributed by atoms with E-state index < -0.39 is 0 Å². The van der Waals surface area contributed by atoms with Gasteiger partial charge in [-0.3, -0.25) is 4.79 Å². The Bertz CT molecular complexity index is 700. The molecule has 1 fully saturated rings. The van der Waals surface area contributed by atoms with Gasteiger partial charge in [0.15, 0.2) is 0 Å². The Morgan fingerprint density at radius 2 is 2.00 bits per heavy atom. The fraction of sp³-hybridized carbons (Fsp3) is 0.412. The molecule has 4 nitrogen and oxygen atoms in total. The van der Waals surface area contributed by atoms with Crippen molar-refractivity contribution >= 4 is 0 Å². The van der Waals surface area contributed by atoms with Crippen LogP contribution in [0.3, 0.4) is 0 Å². The molecule has 0 unspecified atom stereocenters. The van der Waals surface area contributed by atoms with Crippen LogP contribution in [-0.2, 0) is 0 Å². The van der Waals surface area contributed by atoms with Crippen LogP contribution in [0.5, 0.6) is 5.75 Å². The summed E-state index contributed by atoms with van der Waals surface area (Å²) >= 11 is 0. The van der Waals surface area contributed by atoms with Gasteiger partial charge in [0.05, 0.1) is 18.4 Å². The summed E-state index contributed by atoms with van der Waals surface area (Å²) in [6.07, 6.45) is 4.70. The van der Waals surface area contributed by atoms with Gasteiger partial charge in [-0.25, -0.2) is 4.98 Å². The van der Waals surface area contributed by atoms with Crippen molar-refractivity contribution in [2.24, 2.45) is 0 Å². The SMILES string of the molecule is COc1cc(C)ccc1-c1nc(C2CCCC2)cc(=O)[nH]1. The third kappa shape index (κ3) is 2.84. The summed E-state index contributed by atoms with van der Waals surface area (Å²) in [4.78, 5) is 19.5. The van der Waals surface area contributed by atoms with Crippen molar-refractivity contribution in [3.8, 4) is 17.1 Å². The molecule has 1 saturated carbocycles. The minimum atomic E-state index is -0.0930. The Kier molecular flexibility index (Phi) is 3.78. The van der Waals surface area contributed by atoms with Crippen LogP contribution in [0, 0.1) is 6.92 Å². The lowest BCUT2D eigenvalue weighted by Crippen LogP contribution is -2.12. The molecule has 0 aliphatic heterocycles. The van der Waals surface area contributed by atoms with Gasteiger partial charge in [0.1, 0.15) is 11.6 Å².